The predicted molar refractivity (Wildman–Crippen MR) is 65.9 cm³/mol. The van der Waals surface area contributed by atoms with Crippen molar-refractivity contribution in [2.45, 2.75) is 12.1 Å². The molecule has 7 nitrogen and oxygen atoms in total. The van der Waals surface area contributed by atoms with E-state index in [0.717, 1.165) is 0 Å². The summed E-state index contributed by atoms with van der Waals surface area (Å²) in [7, 11) is 5.13. The van der Waals surface area contributed by atoms with Crippen LogP contribution in [-0.2, 0) is 19.1 Å². The van der Waals surface area contributed by atoms with Crippen LogP contribution in [0.15, 0.2) is 5.11 Å². The minimum Gasteiger partial charge on any atom is -0.468 e. The molecule has 17 heavy (non-hydrogen) atoms. The zero-order chi connectivity index (χ0) is 13.3. The molecule has 0 radical (unpaired) electrons. The van der Waals surface area contributed by atoms with Gasteiger partial charge in [-0.25, -0.2) is 10.3 Å². The zero-order valence-corrected chi connectivity index (χ0v) is 11.2. The summed E-state index contributed by atoms with van der Waals surface area (Å²) in [5, 5.41) is 3.15. The normalized spacial score (nSPS) is 13.6. The lowest BCUT2D eigenvalue weighted by atomic mass is 10.4. The Hall–Kier alpha value is -0.800. The van der Waals surface area contributed by atoms with E-state index in [2.05, 4.69) is 14.6 Å². The third-order valence-electron chi connectivity index (χ3n) is 1.69. The van der Waals surface area contributed by atoms with Crippen LogP contribution < -0.4 is 5.73 Å². The Morgan fingerprint density at radius 1 is 1.24 bits per heavy atom. The number of rotatable bonds is 8. The van der Waals surface area contributed by atoms with Crippen LogP contribution >= 0.6 is 21.6 Å². The highest BCUT2D eigenvalue weighted by Crippen LogP contribution is 2.23. The van der Waals surface area contributed by atoms with E-state index in [9.17, 15) is 9.59 Å². The maximum Gasteiger partial charge on any atom is 0.333 e. The van der Waals surface area contributed by atoms with Crippen molar-refractivity contribution in [3.05, 3.63) is 0 Å². The van der Waals surface area contributed by atoms with Crippen LogP contribution in [0.25, 0.3) is 0 Å². The second-order valence-corrected chi connectivity index (χ2v) is 5.42. The van der Waals surface area contributed by atoms with Crippen molar-refractivity contribution in [2.24, 2.45) is 10.8 Å². The zero-order valence-electron chi connectivity index (χ0n) is 9.54. The molecule has 0 saturated carbocycles. The lowest BCUT2D eigenvalue weighted by Crippen LogP contribution is -2.33. The molecule has 0 aromatic rings. The van der Waals surface area contributed by atoms with Crippen molar-refractivity contribution < 1.29 is 19.1 Å². The van der Waals surface area contributed by atoms with Crippen LogP contribution in [0.1, 0.15) is 0 Å². The number of hydrogen-bond donors (Lipinski definition) is 2. The van der Waals surface area contributed by atoms with Crippen LogP contribution in [0.3, 0.4) is 0 Å². The molecule has 0 fully saturated rings. The Morgan fingerprint density at radius 3 is 2.24 bits per heavy atom. The number of nitrogens with zero attached hydrogens (tertiary/aromatic N) is 1. The Kier molecular flexibility index (Phi) is 8.82. The Bertz CT molecular complexity index is 277. The van der Waals surface area contributed by atoms with E-state index in [1.54, 1.807) is 0 Å². The molecule has 3 N–H and O–H groups in total. The molecule has 2 unspecified atom stereocenters. The topological polar surface area (TPSA) is 115 Å². The quantitative estimate of drug-likeness (QED) is 0.287. The molecule has 0 rings (SSSR count). The average Bonchev–Trinajstić information content (AvgIpc) is 2.36. The number of nitrogens with two attached hydrogens (primary N) is 1. The second kappa shape index (κ2) is 9.25. The molecule has 0 aromatic heterocycles. The standard InChI is InChI=1S/C8H15N3O4S2/c1-14-7(12)5(9)3-16-17-4-6(11-10)8(13)15-2/h5-6,10H,3-4,9H2,1-2H3. The molecule has 9 heteroatoms. The third-order valence-corrected chi connectivity index (χ3v) is 4.12. The highest BCUT2D eigenvalue weighted by Gasteiger charge is 2.19. The highest BCUT2D eigenvalue weighted by atomic mass is 33.1. The first-order valence-electron chi connectivity index (χ1n) is 4.59. The molecule has 98 valence electrons. The number of esters is 2. The molecule has 0 saturated heterocycles. The Labute approximate surface area is 107 Å². The molecular formula is C8H15N3O4S2. The number of nitrogens with one attached hydrogen (secondary N) is 1. The summed E-state index contributed by atoms with van der Waals surface area (Å²) in [6, 6.07) is -1.51. The van der Waals surface area contributed by atoms with E-state index in [1.807, 2.05) is 0 Å². The molecular weight excluding hydrogens is 266 g/mol. The van der Waals surface area contributed by atoms with Gasteiger partial charge in [0.25, 0.3) is 0 Å². The van der Waals surface area contributed by atoms with E-state index in [0.29, 0.717) is 11.5 Å². The summed E-state index contributed by atoms with van der Waals surface area (Å²) < 4.78 is 8.92. The van der Waals surface area contributed by atoms with E-state index in [4.69, 9.17) is 11.3 Å². The highest BCUT2D eigenvalue weighted by molar-refractivity contribution is 8.76. The first-order chi connectivity index (χ1) is 8.06. The number of carbonyl (C=O) groups is 2. The smallest absolute Gasteiger partial charge is 0.333 e. The summed E-state index contributed by atoms with van der Waals surface area (Å²) in [5.74, 6) is -0.365. The maximum atomic E-state index is 11.1. The number of carbonyl (C=O) groups excluding carboxylic acids is 2. The third kappa shape index (κ3) is 6.49. The molecule has 0 bridgehead atoms. The number of methoxy groups -OCH3 is 2. The van der Waals surface area contributed by atoms with Gasteiger partial charge >= 0.3 is 11.9 Å². The van der Waals surface area contributed by atoms with Gasteiger partial charge in [-0.2, -0.15) is 5.11 Å². The fourth-order valence-electron chi connectivity index (χ4n) is 0.747. The Balaban J connectivity index is 3.79. The molecule has 0 aromatic carbocycles. The number of ether oxygens (including phenoxy) is 2. The van der Waals surface area contributed by atoms with Crippen molar-refractivity contribution >= 4 is 33.5 Å². The summed E-state index contributed by atoms with van der Waals surface area (Å²) in [6.45, 7) is 0. The van der Waals surface area contributed by atoms with Crippen LogP contribution in [-0.4, -0.2) is 49.7 Å². The molecule has 0 aliphatic heterocycles. The van der Waals surface area contributed by atoms with Crippen molar-refractivity contribution in [2.75, 3.05) is 25.7 Å². The molecule has 0 aliphatic rings. The van der Waals surface area contributed by atoms with Crippen LogP contribution in [0.4, 0.5) is 0 Å². The largest absolute Gasteiger partial charge is 0.468 e. The van der Waals surface area contributed by atoms with Gasteiger partial charge in [0.15, 0.2) is 6.04 Å². The van der Waals surface area contributed by atoms with Gasteiger partial charge in [-0.3, -0.25) is 4.79 Å². The van der Waals surface area contributed by atoms with Crippen LogP contribution in [0, 0.1) is 5.53 Å². The van der Waals surface area contributed by atoms with Gasteiger partial charge in [0.2, 0.25) is 0 Å². The van der Waals surface area contributed by atoms with E-state index in [-0.39, 0.29) is 0 Å². The van der Waals surface area contributed by atoms with Crippen molar-refractivity contribution in [1.29, 1.82) is 5.53 Å². The van der Waals surface area contributed by atoms with Crippen LogP contribution in [0.2, 0.25) is 0 Å². The van der Waals surface area contributed by atoms with Gasteiger partial charge in [0.1, 0.15) is 6.04 Å². The molecule has 0 amide bonds. The van der Waals surface area contributed by atoms with Gasteiger partial charge in [-0.15, -0.1) is 0 Å². The van der Waals surface area contributed by atoms with Crippen molar-refractivity contribution in [3.8, 4) is 0 Å². The maximum absolute atomic E-state index is 11.1. The van der Waals surface area contributed by atoms with Gasteiger partial charge in [0.05, 0.1) is 14.2 Å². The van der Waals surface area contributed by atoms with Crippen molar-refractivity contribution in [3.63, 3.8) is 0 Å². The summed E-state index contributed by atoms with van der Waals surface area (Å²) in [6.07, 6.45) is 0. The molecule has 0 heterocycles. The minimum atomic E-state index is -0.813. The Morgan fingerprint density at radius 2 is 1.76 bits per heavy atom. The SMILES string of the molecule is COC(=O)C(N)CSSCC(N=N)C(=O)OC. The fourth-order valence-corrected chi connectivity index (χ4v) is 2.97. The predicted octanol–water partition coefficient (Wildman–Crippen LogP) is 0.441. The lowest BCUT2D eigenvalue weighted by molar-refractivity contribution is -0.142. The molecule has 2 atom stereocenters. The second-order valence-electron chi connectivity index (χ2n) is 2.87. The fraction of sp³-hybridized carbons (Fsp3) is 0.750. The monoisotopic (exact) mass is 281 g/mol. The van der Waals surface area contributed by atoms with Gasteiger partial charge in [-0.05, 0) is 0 Å². The van der Waals surface area contributed by atoms with Gasteiger partial charge in [-0.1, -0.05) is 21.6 Å². The van der Waals surface area contributed by atoms with Gasteiger partial charge < -0.3 is 15.2 Å². The number of hydrogen-bond acceptors (Lipinski definition) is 9. The first-order valence-corrected chi connectivity index (χ1v) is 7.07. The summed E-state index contributed by atoms with van der Waals surface area (Å²) in [5.41, 5.74) is 12.3. The first kappa shape index (κ1) is 16.2. The van der Waals surface area contributed by atoms with Gasteiger partial charge in [0, 0.05) is 11.5 Å². The molecule has 0 aliphatic carbocycles. The van der Waals surface area contributed by atoms with E-state index in [1.165, 1.54) is 35.8 Å². The van der Waals surface area contributed by atoms with E-state index < -0.39 is 24.0 Å². The van der Waals surface area contributed by atoms with E-state index >= 15 is 0 Å². The minimum absolute atomic E-state index is 0.300. The van der Waals surface area contributed by atoms with Crippen molar-refractivity contribution in [1.82, 2.24) is 0 Å². The summed E-state index contributed by atoms with van der Waals surface area (Å²) in [4.78, 5) is 22.0. The summed E-state index contributed by atoms with van der Waals surface area (Å²) >= 11 is 0. The molecule has 0 spiro atoms. The average molecular weight is 281 g/mol. The van der Waals surface area contributed by atoms with Crippen LogP contribution in [0.5, 0.6) is 0 Å². The lowest BCUT2D eigenvalue weighted by Gasteiger charge is -2.09.